The van der Waals surface area contributed by atoms with Crippen LogP contribution < -0.4 is 10.1 Å². The number of rotatable bonds is 7. The molecule has 31 heavy (non-hydrogen) atoms. The minimum absolute atomic E-state index is 0.230. The Morgan fingerprint density at radius 1 is 1.03 bits per heavy atom. The zero-order valence-corrected chi connectivity index (χ0v) is 17.6. The first-order valence-electron chi connectivity index (χ1n) is 10.4. The van der Waals surface area contributed by atoms with Gasteiger partial charge in [-0.1, -0.05) is 18.6 Å². The highest BCUT2D eigenvalue weighted by atomic mass is 19.4. The molecule has 2 aromatic rings. The third-order valence-electron chi connectivity index (χ3n) is 5.42. The third-order valence-corrected chi connectivity index (χ3v) is 5.42. The van der Waals surface area contributed by atoms with Crippen molar-refractivity contribution in [2.45, 2.75) is 32.0 Å². The second kappa shape index (κ2) is 10.5. The van der Waals surface area contributed by atoms with E-state index in [1.165, 1.54) is 18.6 Å². The summed E-state index contributed by atoms with van der Waals surface area (Å²) in [5, 5.41) is 2.87. The van der Waals surface area contributed by atoms with E-state index in [0.29, 0.717) is 23.5 Å². The van der Waals surface area contributed by atoms with E-state index >= 15 is 0 Å². The van der Waals surface area contributed by atoms with Crippen LogP contribution in [0.4, 0.5) is 23.7 Å². The van der Waals surface area contributed by atoms with E-state index in [-0.39, 0.29) is 12.6 Å². The fraction of sp³-hybridized carbons (Fsp3) is 0.435. The molecule has 1 N–H and O–H groups in total. The van der Waals surface area contributed by atoms with Gasteiger partial charge in [0.25, 0.3) is 0 Å². The Labute approximate surface area is 180 Å². The van der Waals surface area contributed by atoms with Crippen LogP contribution >= 0.6 is 0 Å². The molecule has 0 aromatic heterocycles. The summed E-state index contributed by atoms with van der Waals surface area (Å²) in [7, 11) is 1.57. The van der Waals surface area contributed by atoms with Crippen molar-refractivity contribution in [3.8, 4) is 5.75 Å². The lowest BCUT2D eigenvalue weighted by Gasteiger charge is -2.30. The molecule has 2 aromatic carbocycles. The Morgan fingerprint density at radius 2 is 1.68 bits per heavy atom. The molecule has 1 saturated heterocycles. The number of benzene rings is 2. The first kappa shape index (κ1) is 22.9. The Morgan fingerprint density at radius 3 is 2.26 bits per heavy atom. The number of amides is 2. The van der Waals surface area contributed by atoms with E-state index in [1.54, 1.807) is 36.3 Å². The predicted octanol–water partition coefficient (Wildman–Crippen LogP) is 5.23. The SMILES string of the molecule is COc1ccc(NC(=O)N(CCN2CCCCC2)Cc2ccc(C(F)(F)F)cc2)cc1. The number of nitrogens with one attached hydrogen (secondary N) is 1. The van der Waals surface area contributed by atoms with Gasteiger partial charge in [-0.2, -0.15) is 13.2 Å². The molecule has 0 unspecified atom stereocenters. The average molecular weight is 435 g/mol. The van der Waals surface area contributed by atoms with Crippen LogP contribution in [0.1, 0.15) is 30.4 Å². The highest BCUT2D eigenvalue weighted by molar-refractivity contribution is 5.89. The van der Waals surface area contributed by atoms with Crippen molar-refractivity contribution in [3.63, 3.8) is 0 Å². The molecule has 3 rings (SSSR count). The van der Waals surface area contributed by atoms with Gasteiger partial charge in [-0.05, 0) is 67.9 Å². The molecule has 5 nitrogen and oxygen atoms in total. The van der Waals surface area contributed by atoms with Crippen LogP contribution in [0.25, 0.3) is 0 Å². The minimum atomic E-state index is -4.38. The summed E-state index contributed by atoms with van der Waals surface area (Å²) < 4.78 is 43.7. The maximum absolute atomic E-state index is 13.0. The molecule has 0 radical (unpaired) electrons. The van der Waals surface area contributed by atoms with Crippen molar-refractivity contribution in [1.29, 1.82) is 0 Å². The molecule has 0 aliphatic carbocycles. The van der Waals surface area contributed by atoms with Gasteiger partial charge < -0.3 is 19.9 Å². The van der Waals surface area contributed by atoms with E-state index in [4.69, 9.17) is 4.74 Å². The van der Waals surface area contributed by atoms with Gasteiger partial charge in [0, 0.05) is 25.3 Å². The van der Waals surface area contributed by atoms with Gasteiger partial charge in [0.1, 0.15) is 5.75 Å². The Balaban J connectivity index is 1.68. The number of likely N-dealkylation sites (tertiary alicyclic amines) is 1. The van der Waals surface area contributed by atoms with E-state index in [1.807, 2.05) is 0 Å². The normalized spacial score (nSPS) is 14.8. The Kier molecular flexibility index (Phi) is 7.79. The van der Waals surface area contributed by atoms with Crippen molar-refractivity contribution in [3.05, 3.63) is 59.7 Å². The summed E-state index contributed by atoms with van der Waals surface area (Å²) in [6.45, 7) is 3.47. The lowest BCUT2D eigenvalue weighted by molar-refractivity contribution is -0.137. The van der Waals surface area contributed by atoms with Crippen LogP contribution in [0.2, 0.25) is 0 Å². The number of halogens is 3. The lowest BCUT2D eigenvalue weighted by atomic mass is 10.1. The standard InChI is InChI=1S/C23H28F3N3O2/c1-31-21-11-9-20(10-12-21)27-22(30)29(16-15-28-13-3-2-4-14-28)17-18-5-7-19(8-6-18)23(24,25)26/h5-12H,2-4,13-17H2,1H3,(H,27,30). The fourth-order valence-electron chi connectivity index (χ4n) is 3.59. The molecular weight excluding hydrogens is 407 g/mol. The topological polar surface area (TPSA) is 44.8 Å². The van der Waals surface area contributed by atoms with Crippen LogP contribution in [-0.4, -0.2) is 49.1 Å². The van der Waals surface area contributed by atoms with Gasteiger partial charge in [-0.25, -0.2) is 4.79 Å². The lowest BCUT2D eigenvalue weighted by Crippen LogP contribution is -2.41. The number of methoxy groups -OCH3 is 1. The molecule has 8 heteroatoms. The smallest absolute Gasteiger partial charge is 0.416 e. The zero-order valence-electron chi connectivity index (χ0n) is 17.6. The molecule has 1 fully saturated rings. The largest absolute Gasteiger partial charge is 0.497 e. The Hall–Kier alpha value is -2.74. The highest BCUT2D eigenvalue weighted by Crippen LogP contribution is 2.29. The van der Waals surface area contributed by atoms with Crippen LogP contribution in [0.5, 0.6) is 5.75 Å². The summed E-state index contributed by atoms with van der Waals surface area (Å²) in [4.78, 5) is 16.9. The number of hydrogen-bond acceptors (Lipinski definition) is 3. The van der Waals surface area contributed by atoms with Gasteiger partial charge in [0.15, 0.2) is 0 Å². The molecule has 0 bridgehead atoms. The maximum atomic E-state index is 13.0. The average Bonchev–Trinajstić information content (AvgIpc) is 2.77. The van der Waals surface area contributed by atoms with E-state index in [0.717, 1.165) is 44.6 Å². The van der Waals surface area contributed by atoms with Gasteiger partial charge in [-0.15, -0.1) is 0 Å². The third kappa shape index (κ3) is 6.89. The minimum Gasteiger partial charge on any atom is -0.497 e. The number of ether oxygens (including phenoxy) is 1. The monoisotopic (exact) mass is 435 g/mol. The highest BCUT2D eigenvalue weighted by Gasteiger charge is 2.30. The quantitative estimate of drug-likeness (QED) is 0.647. The number of nitrogens with zero attached hydrogens (tertiary/aromatic N) is 2. The van der Waals surface area contributed by atoms with Crippen molar-refractivity contribution < 1.29 is 22.7 Å². The van der Waals surface area contributed by atoms with E-state index < -0.39 is 11.7 Å². The molecule has 1 aliphatic rings. The summed E-state index contributed by atoms with van der Waals surface area (Å²) in [6, 6.07) is 11.7. The van der Waals surface area contributed by atoms with Crippen molar-refractivity contribution in [2.75, 3.05) is 38.6 Å². The number of piperidine rings is 1. The number of anilines is 1. The number of alkyl halides is 3. The summed E-state index contributed by atoms with van der Waals surface area (Å²) in [5.74, 6) is 0.685. The number of hydrogen-bond donors (Lipinski definition) is 1. The van der Waals surface area contributed by atoms with Crippen LogP contribution in [0, 0.1) is 0 Å². The van der Waals surface area contributed by atoms with Crippen molar-refractivity contribution in [2.24, 2.45) is 0 Å². The molecule has 2 amide bonds. The summed E-state index contributed by atoms with van der Waals surface area (Å²) in [6.07, 6.45) is -0.851. The summed E-state index contributed by atoms with van der Waals surface area (Å²) >= 11 is 0. The number of urea groups is 1. The first-order valence-corrected chi connectivity index (χ1v) is 10.4. The van der Waals surface area contributed by atoms with E-state index in [9.17, 15) is 18.0 Å². The number of carbonyl (C=O) groups excluding carboxylic acids is 1. The molecule has 0 atom stereocenters. The zero-order chi connectivity index (χ0) is 22.3. The van der Waals surface area contributed by atoms with Crippen molar-refractivity contribution in [1.82, 2.24) is 9.80 Å². The first-order chi connectivity index (χ1) is 14.8. The molecular formula is C23H28F3N3O2. The second-order valence-corrected chi connectivity index (χ2v) is 7.68. The van der Waals surface area contributed by atoms with Gasteiger partial charge in [0.2, 0.25) is 0 Å². The Bertz CT molecular complexity index is 833. The second-order valence-electron chi connectivity index (χ2n) is 7.68. The predicted molar refractivity (Wildman–Crippen MR) is 114 cm³/mol. The molecule has 1 aliphatic heterocycles. The van der Waals surface area contributed by atoms with E-state index in [2.05, 4.69) is 10.2 Å². The van der Waals surface area contributed by atoms with Gasteiger partial charge in [-0.3, -0.25) is 0 Å². The van der Waals surface area contributed by atoms with Crippen LogP contribution in [-0.2, 0) is 12.7 Å². The van der Waals surface area contributed by atoms with Gasteiger partial charge in [0.05, 0.1) is 12.7 Å². The molecule has 0 saturated carbocycles. The molecule has 1 heterocycles. The van der Waals surface area contributed by atoms with Crippen LogP contribution in [0.3, 0.4) is 0 Å². The summed E-state index contributed by atoms with van der Waals surface area (Å²) in [5.41, 5.74) is 0.580. The molecule has 0 spiro atoms. The van der Waals surface area contributed by atoms with Crippen molar-refractivity contribution >= 4 is 11.7 Å². The molecule has 168 valence electrons. The number of carbonyl (C=O) groups is 1. The van der Waals surface area contributed by atoms with Crippen LogP contribution in [0.15, 0.2) is 48.5 Å². The van der Waals surface area contributed by atoms with Gasteiger partial charge >= 0.3 is 12.2 Å². The maximum Gasteiger partial charge on any atom is 0.416 e. The fourth-order valence-corrected chi connectivity index (χ4v) is 3.59.